The second-order valence-electron chi connectivity index (χ2n) is 5.55. The highest BCUT2D eigenvalue weighted by atomic mass is 32.2. The molecule has 2 aliphatic rings. The molecule has 0 unspecified atom stereocenters. The Morgan fingerprint density at radius 1 is 1.35 bits per heavy atom. The molecule has 0 amide bonds. The van der Waals surface area contributed by atoms with Gasteiger partial charge in [0.2, 0.25) is 0 Å². The van der Waals surface area contributed by atoms with Gasteiger partial charge in [0.15, 0.2) is 5.17 Å². The monoisotopic (exact) mass is 289 g/mol. The van der Waals surface area contributed by atoms with Gasteiger partial charge in [-0.3, -0.25) is 4.99 Å². The molecule has 1 heterocycles. The van der Waals surface area contributed by atoms with Crippen molar-refractivity contribution in [2.75, 3.05) is 17.6 Å². The van der Waals surface area contributed by atoms with Crippen molar-refractivity contribution >= 4 is 22.6 Å². The summed E-state index contributed by atoms with van der Waals surface area (Å²) in [5.41, 5.74) is 1.19. The summed E-state index contributed by atoms with van der Waals surface area (Å²) in [6.07, 6.45) is 5.21. The Balaban J connectivity index is 1.70. The molecule has 0 atom stereocenters. The van der Waals surface area contributed by atoms with Gasteiger partial charge in [-0.05, 0) is 36.5 Å². The van der Waals surface area contributed by atoms with Gasteiger partial charge in [0.25, 0.3) is 0 Å². The van der Waals surface area contributed by atoms with Gasteiger partial charge in [0.1, 0.15) is 11.9 Å². The number of nitriles is 1. The minimum Gasteiger partial charge on any atom is -0.335 e. The summed E-state index contributed by atoms with van der Waals surface area (Å²) in [5.74, 6) is 0.617. The molecule has 1 aromatic carbocycles. The van der Waals surface area contributed by atoms with Crippen molar-refractivity contribution in [2.45, 2.75) is 25.7 Å². The van der Waals surface area contributed by atoms with Gasteiger partial charge in [0, 0.05) is 18.0 Å². The Hall–Kier alpha value is -1.54. The third-order valence-corrected chi connectivity index (χ3v) is 5.34. The molecular weight excluding hydrogens is 273 g/mol. The summed E-state index contributed by atoms with van der Waals surface area (Å²) >= 11 is 1.73. The third kappa shape index (κ3) is 2.66. The van der Waals surface area contributed by atoms with Crippen molar-refractivity contribution in [3.05, 3.63) is 29.6 Å². The van der Waals surface area contributed by atoms with E-state index in [-0.39, 0.29) is 5.56 Å². The molecule has 0 bridgehead atoms. The SMILES string of the molecule is N#Cc1cc(NC2=NCC3(CCCC3)CS2)ccc1F. The van der Waals surface area contributed by atoms with Gasteiger partial charge in [-0.2, -0.15) is 5.26 Å². The summed E-state index contributed by atoms with van der Waals surface area (Å²) in [4.78, 5) is 4.63. The standard InChI is InChI=1S/C15H16FN3S/c16-13-4-3-12(7-11(13)8-17)19-14-18-9-15(10-20-14)5-1-2-6-15/h3-4,7H,1-2,5-6,9-10H2,(H,18,19). The number of nitrogens with zero attached hydrogens (tertiary/aromatic N) is 2. The molecule has 20 heavy (non-hydrogen) atoms. The molecule has 1 aliphatic heterocycles. The fourth-order valence-electron chi connectivity index (χ4n) is 2.87. The molecule has 1 saturated carbocycles. The van der Waals surface area contributed by atoms with E-state index in [1.54, 1.807) is 17.8 Å². The first-order valence-corrected chi connectivity index (χ1v) is 7.83. The normalized spacial score (nSPS) is 20.5. The first-order chi connectivity index (χ1) is 9.71. The van der Waals surface area contributed by atoms with E-state index >= 15 is 0 Å². The van der Waals surface area contributed by atoms with Crippen molar-refractivity contribution in [3.63, 3.8) is 0 Å². The summed E-state index contributed by atoms with van der Waals surface area (Å²) in [6.45, 7) is 0.884. The molecule has 104 valence electrons. The maximum Gasteiger partial charge on any atom is 0.161 e. The molecule has 1 aliphatic carbocycles. The van der Waals surface area contributed by atoms with E-state index in [1.807, 2.05) is 6.07 Å². The van der Waals surface area contributed by atoms with Gasteiger partial charge in [-0.25, -0.2) is 4.39 Å². The smallest absolute Gasteiger partial charge is 0.161 e. The van der Waals surface area contributed by atoms with Crippen LogP contribution in [0.15, 0.2) is 23.2 Å². The van der Waals surface area contributed by atoms with E-state index in [9.17, 15) is 4.39 Å². The summed E-state index contributed by atoms with van der Waals surface area (Å²) < 4.78 is 13.3. The molecule has 0 radical (unpaired) electrons. The number of hydrogen-bond donors (Lipinski definition) is 1. The van der Waals surface area contributed by atoms with Crippen LogP contribution in [0.25, 0.3) is 0 Å². The molecule has 3 nitrogen and oxygen atoms in total. The van der Waals surface area contributed by atoms with Crippen molar-refractivity contribution in [3.8, 4) is 6.07 Å². The van der Waals surface area contributed by atoms with Crippen molar-refractivity contribution in [1.82, 2.24) is 0 Å². The maximum atomic E-state index is 13.3. The zero-order chi connectivity index (χ0) is 14.0. The van der Waals surface area contributed by atoms with Gasteiger partial charge in [-0.15, -0.1) is 0 Å². The highest BCUT2D eigenvalue weighted by molar-refractivity contribution is 8.14. The van der Waals surface area contributed by atoms with E-state index < -0.39 is 5.82 Å². The van der Waals surface area contributed by atoms with E-state index in [2.05, 4.69) is 10.3 Å². The number of anilines is 1. The quantitative estimate of drug-likeness (QED) is 0.856. The van der Waals surface area contributed by atoms with E-state index in [0.717, 1.165) is 23.2 Å². The lowest BCUT2D eigenvalue weighted by molar-refractivity contribution is 0.359. The number of halogens is 1. The Morgan fingerprint density at radius 3 is 2.80 bits per heavy atom. The topological polar surface area (TPSA) is 48.2 Å². The van der Waals surface area contributed by atoms with Gasteiger partial charge < -0.3 is 5.32 Å². The van der Waals surface area contributed by atoms with Crippen LogP contribution >= 0.6 is 11.8 Å². The van der Waals surface area contributed by atoms with Crippen LogP contribution in [0.1, 0.15) is 31.2 Å². The fourth-order valence-corrected chi connectivity index (χ4v) is 4.04. The van der Waals surface area contributed by atoms with Crippen LogP contribution in [0, 0.1) is 22.6 Å². The third-order valence-electron chi connectivity index (χ3n) is 4.08. The minimum atomic E-state index is -0.485. The lowest BCUT2D eigenvalue weighted by atomic mass is 9.89. The molecule has 0 saturated heterocycles. The molecule has 1 spiro atoms. The zero-order valence-electron chi connectivity index (χ0n) is 11.2. The maximum absolute atomic E-state index is 13.3. The zero-order valence-corrected chi connectivity index (χ0v) is 12.0. The fraction of sp³-hybridized carbons (Fsp3) is 0.467. The Bertz CT molecular complexity index is 585. The average molecular weight is 289 g/mol. The molecule has 1 aromatic rings. The Labute approximate surface area is 122 Å². The minimum absolute atomic E-state index is 0.0590. The first kappa shape index (κ1) is 13.4. The number of rotatable bonds is 1. The van der Waals surface area contributed by atoms with E-state index in [1.165, 1.54) is 37.8 Å². The molecular formula is C15H16FN3S. The van der Waals surface area contributed by atoms with Crippen LogP contribution in [0.3, 0.4) is 0 Å². The second-order valence-corrected chi connectivity index (χ2v) is 6.51. The number of nitrogens with one attached hydrogen (secondary N) is 1. The lowest BCUT2D eigenvalue weighted by Crippen LogP contribution is -2.30. The summed E-state index contributed by atoms with van der Waals surface area (Å²) in [5, 5.41) is 12.9. The molecule has 1 fully saturated rings. The van der Waals surface area contributed by atoms with Gasteiger partial charge in [0.05, 0.1) is 5.56 Å². The molecule has 1 N–H and O–H groups in total. The van der Waals surface area contributed by atoms with Crippen molar-refractivity contribution in [1.29, 1.82) is 5.26 Å². The molecule has 3 rings (SSSR count). The van der Waals surface area contributed by atoms with Crippen molar-refractivity contribution in [2.24, 2.45) is 10.4 Å². The van der Waals surface area contributed by atoms with Crippen LogP contribution in [0.5, 0.6) is 0 Å². The van der Waals surface area contributed by atoms with Crippen molar-refractivity contribution < 1.29 is 4.39 Å². The molecule has 0 aromatic heterocycles. The highest BCUT2D eigenvalue weighted by Gasteiger charge is 2.36. The lowest BCUT2D eigenvalue weighted by Gasteiger charge is -2.31. The number of benzene rings is 1. The summed E-state index contributed by atoms with van der Waals surface area (Å²) in [7, 11) is 0. The van der Waals surface area contributed by atoms with Gasteiger partial charge >= 0.3 is 0 Å². The van der Waals surface area contributed by atoms with Crippen LogP contribution in [-0.2, 0) is 0 Å². The first-order valence-electron chi connectivity index (χ1n) is 6.85. The van der Waals surface area contributed by atoms with Crippen LogP contribution < -0.4 is 5.32 Å². The predicted molar refractivity (Wildman–Crippen MR) is 80.4 cm³/mol. The van der Waals surface area contributed by atoms with E-state index in [4.69, 9.17) is 5.26 Å². The van der Waals surface area contributed by atoms with E-state index in [0.29, 0.717) is 5.41 Å². The number of thioether (sulfide) groups is 1. The van der Waals surface area contributed by atoms with Crippen LogP contribution in [0.4, 0.5) is 10.1 Å². The Kier molecular flexibility index (Phi) is 3.66. The highest BCUT2D eigenvalue weighted by Crippen LogP contribution is 2.43. The van der Waals surface area contributed by atoms with Crippen LogP contribution in [0.2, 0.25) is 0 Å². The summed E-state index contributed by atoms with van der Waals surface area (Å²) in [6, 6.07) is 6.33. The van der Waals surface area contributed by atoms with Crippen LogP contribution in [-0.4, -0.2) is 17.5 Å². The Morgan fingerprint density at radius 2 is 2.15 bits per heavy atom. The largest absolute Gasteiger partial charge is 0.335 e. The number of hydrogen-bond acceptors (Lipinski definition) is 4. The predicted octanol–water partition coefficient (Wildman–Crippen LogP) is 3.77. The number of aliphatic imine (C=N–C) groups is 1. The number of amidine groups is 1. The van der Waals surface area contributed by atoms with Gasteiger partial charge in [-0.1, -0.05) is 24.6 Å². The molecule has 5 heteroatoms. The average Bonchev–Trinajstić information content (AvgIpc) is 2.92. The second kappa shape index (κ2) is 5.45.